The van der Waals surface area contributed by atoms with Gasteiger partial charge < -0.3 is 40.3 Å². The maximum atomic E-state index is 11.5. The molecule has 0 aromatic heterocycles. The lowest BCUT2D eigenvalue weighted by atomic mass is 9.99. The van der Waals surface area contributed by atoms with E-state index in [-0.39, 0.29) is 12.5 Å². The molecule has 1 amide bonds. The first kappa shape index (κ1) is 30.7. The number of ether oxygens (including phenoxy) is 2. The molecule has 0 aliphatic carbocycles. The van der Waals surface area contributed by atoms with Crippen LogP contribution in [-0.2, 0) is 14.3 Å². The van der Waals surface area contributed by atoms with E-state index in [0.29, 0.717) is 0 Å². The van der Waals surface area contributed by atoms with Gasteiger partial charge in [0.15, 0.2) is 6.29 Å². The van der Waals surface area contributed by atoms with Crippen molar-refractivity contribution in [1.82, 2.24) is 5.32 Å². The van der Waals surface area contributed by atoms with E-state index in [1.165, 1.54) is 45.4 Å². The second kappa shape index (κ2) is 18.0. The number of hydrogen-bond acceptors (Lipinski definition) is 8. The predicted molar refractivity (Wildman–Crippen MR) is 129 cm³/mol. The average Bonchev–Trinajstić information content (AvgIpc) is 2.81. The molecule has 198 valence electrons. The highest BCUT2D eigenvalue weighted by molar-refractivity contribution is 5.73. The van der Waals surface area contributed by atoms with E-state index < -0.39 is 49.5 Å². The minimum atomic E-state index is -1.56. The van der Waals surface area contributed by atoms with Crippen LogP contribution in [0.15, 0.2) is 24.3 Å². The van der Waals surface area contributed by atoms with Crippen LogP contribution in [-0.4, -0.2) is 87.5 Å². The number of allylic oxidation sites excluding steroid dienone is 3. The zero-order valence-electron chi connectivity index (χ0n) is 20.6. The molecule has 34 heavy (non-hydrogen) atoms. The summed E-state index contributed by atoms with van der Waals surface area (Å²) in [6.45, 7) is 2.74. The van der Waals surface area contributed by atoms with Crippen LogP contribution in [0.25, 0.3) is 0 Å². The van der Waals surface area contributed by atoms with E-state index in [0.717, 1.165) is 19.3 Å². The van der Waals surface area contributed by atoms with Crippen molar-refractivity contribution in [2.75, 3.05) is 13.2 Å². The number of carbonyl (C=O) groups is 1. The highest BCUT2D eigenvalue weighted by Gasteiger charge is 2.44. The SMILES string of the molecule is CCCCCCCC/C=C/CC/C=C/C(O)C(COC1OC(CO)C(O)C(O)C1O)NC(C)=O. The van der Waals surface area contributed by atoms with Gasteiger partial charge in [-0.25, -0.2) is 0 Å². The first-order chi connectivity index (χ1) is 16.3. The lowest BCUT2D eigenvalue weighted by Crippen LogP contribution is -2.60. The Morgan fingerprint density at radius 3 is 2.29 bits per heavy atom. The predicted octanol–water partition coefficient (Wildman–Crippen LogP) is 1.31. The summed E-state index contributed by atoms with van der Waals surface area (Å²) in [6, 6.07) is -0.815. The molecule has 1 aliphatic heterocycles. The fraction of sp³-hybridized carbons (Fsp3) is 0.800. The van der Waals surface area contributed by atoms with Crippen molar-refractivity contribution in [3.8, 4) is 0 Å². The van der Waals surface area contributed by atoms with Gasteiger partial charge in [0.1, 0.15) is 24.4 Å². The quantitative estimate of drug-likeness (QED) is 0.133. The summed E-state index contributed by atoms with van der Waals surface area (Å²) in [7, 11) is 0. The Hall–Kier alpha value is -1.33. The molecule has 0 saturated carbocycles. The lowest BCUT2D eigenvalue weighted by Gasteiger charge is -2.40. The van der Waals surface area contributed by atoms with Crippen LogP contribution in [0.2, 0.25) is 0 Å². The van der Waals surface area contributed by atoms with E-state index in [1.807, 2.05) is 6.08 Å². The van der Waals surface area contributed by atoms with Crippen LogP contribution >= 0.6 is 0 Å². The zero-order chi connectivity index (χ0) is 25.3. The van der Waals surface area contributed by atoms with E-state index in [9.17, 15) is 30.3 Å². The van der Waals surface area contributed by atoms with Crippen molar-refractivity contribution in [3.05, 3.63) is 24.3 Å². The standard InChI is InChI=1S/C25H45NO8/c1-3-4-5-6-7-8-9-10-11-12-13-14-15-20(29)19(26-18(2)28)17-33-25-24(32)23(31)22(30)21(16-27)34-25/h10-11,14-15,19-25,27,29-32H,3-9,12-13,16-17H2,1-2H3,(H,26,28)/b11-10+,15-14+. The molecule has 6 N–H and O–H groups in total. The summed E-state index contributed by atoms with van der Waals surface area (Å²) in [6.07, 6.45) is 10.0. The van der Waals surface area contributed by atoms with Gasteiger partial charge in [-0.3, -0.25) is 4.79 Å². The third-order valence-electron chi connectivity index (χ3n) is 5.81. The van der Waals surface area contributed by atoms with Gasteiger partial charge in [0.2, 0.25) is 5.91 Å². The third-order valence-corrected chi connectivity index (χ3v) is 5.81. The van der Waals surface area contributed by atoms with Gasteiger partial charge in [0.05, 0.1) is 25.4 Å². The fourth-order valence-corrected chi connectivity index (χ4v) is 3.73. The van der Waals surface area contributed by atoms with Crippen LogP contribution in [0.3, 0.4) is 0 Å². The first-order valence-electron chi connectivity index (χ1n) is 12.5. The van der Waals surface area contributed by atoms with Crippen molar-refractivity contribution in [2.24, 2.45) is 0 Å². The van der Waals surface area contributed by atoms with E-state index in [4.69, 9.17) is 9.47 Å². The van der Waals surface area contributed by atoms with Crippen LogP contribution in [0.5, 0.6) is 0 Å². The molecular formula is C25H45NO8. The van der Waals surface area contributed by atoms with E-state index >= 15 is 0 Å². The Morgan fingerprint density at radius 1 is 0.971 bits per heavy atom. The third kappa shape index (κ3) is 11.9. The maximum Gasteiger partial charge on any atom is 0.217 e. The Labute approximate surface area is 203 Å². The summed E-state index contributed by atoms with van der Waals surface area (Å²) < 4.78 is 10.8. The summed E-state index contributed by atoms with van der Waals surface area (Å²) in [5, 5.41) is 52.1. The molecule has 1 aliphatic rings. The van der Waals surface area contributed by atoms with Crippen LogP contribution < -0.4 is 5.32 Å². The Balaban J connectivity index is 2.41. The molecule has 7 atom stereocenters. The Bertz CT molecular complexity index is 597. The van der Waals surface area contributed by atoms with Crippen LogP contribution in [0.4, 0.5) is 0 Å². The number of carbonyl (C=O) groups excluding carboxylic acids is 1. The molecule has 0 spiro atoms. The molecule has 0 aromatic carbocycles. The monoisotopic (exact) mass is 487 g/mol. The second-order valence-corrected chi connectivity index (χ2v) is 8.86. The Kier molecular flexibility index (Phi) is 16.3. The second-order valence-electron chi connectivity index (χ2n) is 8.86. The minimum Gasteiger partial charge on any atom is -0.394 e. The molecule has 9 heteroatoms. The summed E-state index contributed by atoms with van der Waals surface area (Å²) in [5.74, 6) is -0.368. The number of hydrogen-bond donors (Lipinski definition) is 6. The van der Waals surface area contributed by atoms with Gasteiger partial charge in [-0.15, -0.1) is 0 Å². The molecular weight excluding hydrogens is 442 g/mol. The number of amides is 1. The van der Waals surface area contributed by atoms with Gasteiger partial charge in [0, 0.05) is 6.92 Å². The number of aliphatic hydroxyl groups excluding tert-OH is 5. The lowest BCUT2D eigenvalue weighted by molar-refractivity contribution is -0.302. The van der Waals surface area contributed by atoms with Crippen molar-refractivity contribution in [2.45, 2.75) is 114 Å². The largest absolute Gasteiger partial charge is 0.394 e. The number of aliphatic hydroxyl groups is 5. The molecule has 0 bridgehead atoms. The molecule has 1 heterocycles. The number of unbranched alkanes of at least 4 members (excludes halogenated alkanes) is 7. The van der Waals surface area contributed by atoms with Crippen molar-refractivity contribution < 1.29 is 39.8 Å². The average molecular weight is 488 g/mol. The highest BCUT2D eigenvalue weighted by Crippen LogP contribution is 2.22. The number of rotatable bonds is 17. The summed E-state index contributed by atoms with van der Waals surface area (Å²) in [5.41, 5.74) is 0. The molecule has 0 radical (unpaired) electrons. The molecule has 9 nitrogen and oxygen atoms in total. The minimum absolute atomic E-state index is 0.216. The topological polar surface area (TPSA) is 149 Å². The van der Waals surface area contributed by atoms with Gasteiger partial charge >= 0.3 is 0 Å². The maximum absolute atomic E-state index is 11.5. The summed E-state index contributed by atoms with van der Waals surface area (Å²) >= 11 is 0. The smallest absolute Gasteiger partial charge is 0.217 e. The normalized spacial score (nSPS) is 27.3. The number of nitrogens with one attached hydrogen (secondary N) is 1. The Morgan fingerprint density at radius 2 is 1.62 bits per heavy atom. The summed E-state index contributed by atoms with van der Waals surface area (Å²) in [4.78, 5) is 11.5. The first-order valence-corrected chi connectivity index (χ1v) is 12.5. The molecule has 7 unspecified atom stereocenters. The van der Waals surface area contributed by atoms with E-state index in [1.54, 1.807) is 6.08 Å². The van der Waals surface area contributed by atoms with Gasteiger partial charge in [-0.1, -0.05) is 63.3 Å². The zero-order valence-corrected chi connectivity index (χ0v) is 20.6. The van der Waals surface area contributed by atoms with Crippen LogP contribution in [0, 0.1) is 0 Å². The highest BCUT2D eigenvalue weighted by atomic mass is 16.7. The molecule has 1 saturated heterocycles. The van der Waals surface area contributed by atoms with Crippen molar-refractivity contribution in [3.63, 3.8) is 0 Å². The fourth-order valence-electron chi connectivity index (χ4n) is 3.73. The molecule has 0 aromatic rings. The molecule has 1 fully saturated rings. The molecule has 1 rings (SSSR count). The van der Waals surface area contributed by atoms with Crippen molar-refractivity contribution in [1.29, 1.82) is 0 Å². The van der Waals surface area contributed by atoms with Gasteiger partial charge in [0.25, 0.3) is 0 Å². The van der Waals surface area contributed by atoms with Crippen molar-refractivity contribution >= 4 is 5.91 Å². The van der Waals surface area contributed by atoms with Gasteiger partial charge in [-0.2, -0.15) is 0 Å². The van der Waals surface area contributed by atoms with Crippen LogP contribution in [0.1, 0.15) is 71.6 Å². The van der Waals surface area contributed by atoms with Gasteiger partial charge in [-0.05, 0) is 25.7 Å². The van der Waals surface area contributed by atoms with E-state index in [2.05, 4.69) is 24.4 Å².